The molecule has 0 bridgehead atoms. The van der Waals surface area contributed by atoms with Gasteiger partial charge in [0.25, 0.3) is 17.5 Å². The molecule has 0 aliphatic carbocycles. The summed E-state index contributed by atoms with van der Waals surface area (Å²) < 4.78 is 23.0. The second-order valence-electron chi connectivity index (χ2n) is 7.92. The molecule has 1 aromatic heterocycles. The third-order valence-corrected chi connectivity index (χ3v) is 6.51. The summed E-state index contributed by atoms with van der Waals surface area (Å²) in [4.78, 5) is 56.0. The molecule has 1 unspecified atom stereocenters. The number of nitro benzene ring substituents is 1. The van der Waals surface area contributed by atoms with Crippen LogP contribution in [0.2, 0.25) is 0 Å². The molecule has 3 aromatic rings. The van der Waals surface area contributed by atoms with E-state index in [1.165, 1.54) is 59.6 Å². The number of imide groups is 1. The quantitative estimate of drug-likeness (QED) is 0.284. The van der Waals surface area contributed by atoms with E-state index in [9.17, 15) is 32.9 Å². The predicted octanol–water partition coefficient (Wildman–Crippen LogP) is 1.61. The van der Waals surface area contributed by atoms with E-state index in [1.54, 1.807) is 18.3 Å². The van der Waals surface area contributed by atoms with Crippen LogP contribution in [0.3, 0.4) is 0 Å². The number of hydrogen-bond acceptors (Lipinski definition) is 8. The zero-order chi connectivity index (χ0) is 26.0. The van der Waals surface area contributed by atoms with E-state index < -0.39 is 38.7 Å². The SMILES string of the molecule is NS(=O)(=O)c1ccc(N2C(=O)CC(N(Cc3cccnc3)C(=O)c3ccc([N+](=O)[O-])cc3)C2=O)cc1. The lowest BCUT2D eigenvalue weighted by atomic mass is 10.1. The molecule has 12 nitrogen and oxygen atoms in total. The van der Waals surface area contributed by atoms with Crippen LogP contribution in [0.25, 0.3) is 0 Å². The maximum atomic E-state index is 13.4. The Bertz CT molecular complexity index is 1440. The third-order valence-electron chi connectivity index (χ3n) is 5.58. The van der Waals surface area contributed by atoms with Gasteiger partial charge in [-0.2, -0.15) is 0 Å². The molecule has 1 aliphatic rings. The number of benzene rings is 2. The first-order valence-electron chi connectivity index (χ1n) is 10.5. The second kappa shape index (κ2) is 9.64. The Morgan fingerprint density at radius 2 is 1.78 bits per heavy atom. The van der Waals surface area contributed by atoms with Gasteiger partial charge in [0.2, 0.25) is 15.9 Å². The fourth-order valence-electron chi connectivity index (χ4n) is 3.82. The number of carbonyl (C=O) groups is 3. The van der Waals surface area contributed by atoms with Crippen LogP contribution in [0, 0.1) is 10.1 Å². The summed E-state index contributed by atoms with van der Waals surface area (Å²) in [5, 5.41) is 16.1. The van der Waals surface area contributed by atoms with Crippen LogP contribution >= 0.6 is 0 Å². The van der Waals surface area contributed by atoms with E-state index in [2.05, 4.69) is 4.98 Å². The topological polar surface area (TPSA) is 174 Å². The van der Waals surface area contributed by atoms with Gasteiger partial charge in [0, 0.05) is 36.6 Å². The van der Waals surface area contributed by atoms with Crippen molar-refractivity contribution >= 4 is 39.1 Å². The summed E-state index contributed by atoms with van der Waals surface area (Å²) in [6, 6.07) is 12.0. The largest absolute Gasteiger partial charge is 0.322 e. The number of anilines is 1. The minimum atomic E-state index is -3.97. The Morgan fingerprint density at radius 3 is 2.33 bits per heavy atom. The van der Waals surface area contributed by atoms with Gasteiger partial charge < -0.3 is 4.90 Å². The Balaban J connectivity index is 1.67. The van der Waals surface area contributed by atoms with Gasteiger partial charge in [-0.25, -0.2) is 18.5 Å². The van der Waals surface area contributed by atoms with Crippen LogP contribution in [-0.2, 0) is 26.2 Å². The highest BCUT2D eigenvalue weighted by molar-refractivity contribution is 7.89. The molecule has 13 heteroatoms. The van der Waals surface area contributed by atoms with Crippen LogP contribution in [0.15, 0.2) is 78.0 Å². The van der Waals surface area contributed by atoms with E-state index in [1.807, 2.05) is 0 Å². The fourth-order valence-corrected chi connectivity index (χ4v) is 4.33. The molecule has 1 fully saturated rings. The molecule has 36 heavy (non-hydrogen) atoms. The highest BCUT2D eigenvalue weighted by Crippen LogP contribution is 2.29. The van der Waals surface area contributed by atoms with Crippen molar-refractivity contribution < 1.29 is 27.7 Å². The molecule has 4 rings (SSSR count). The number of nitro groups is 1. The number of non-ortho nitro benzene ring substituents is 1. The summed E-state index contributed by atoms with van der Waals surface area (Å²) in [5.41, 5.74) is 0.625. The average Bonchev–Trinajstić information content (AvgIpc) is 3.15. The van der Waals surface area contributed by atoms with Crippen molar-refractivity contribution in [3.63, 3.8) is 0 Å². The van der Waals surface area contributed by atoms with E-state index in [0.717, 1.165) is 4.90 Å². The number of rotatable bonds is 7. The molecule has 2 heterocycles. The van der Waals surface area contributed by atoms with Crippen molar-refractivity contribution in [3.05, 3.63) is 94.3 Å². The number of carbonyl (C=O) groups excluding carboxylic acids is 3. The molecule has 1 saturated heterocycles. The molecule has 2 N–H and O–H groups in total. The molecule has 0 spiro atoms. The molecule has 1 aliphatic heterocycles. The monoisotopic (exact) mass is 509 g/mol. The van der Waals surface area contributed by atoms with Crippen LogP contribution < -0.4 is 10.0 Å². The van der Waals surface area contributed by atoms with Crippen molar-refractivity contribution in [1.29, 1.82) is 0 Å². The van der Waals surface area contributed by atoms with Crippen molar-refractivity contribution in [3.8, 4) is 0 Å². The van der Waals surface area contributed by atoms with E-state index in [-0.39, 0.29) is 34.8 Å². The van der Waals surface area contributed by atoms with Crippen LogP contribution in [0.5, 0.6) is 0 Å². The lowest BCUT2D eigenvalue weighted by Crippen LogP contribution is -2.45. The standard InChI is InChI=1S/C23H19N5O7S/c24-36(34,35)19-9-7-17(8-10-19)27-21(29)12-20(23(27)31)26(14-15-2-1-11-25-13-15)22(30)16-3-5-18(6-4-16)28(32)33/h1-11,13,20H,12,14H2,(H2,24,34,35). The van der Waals surface area contributed by atoms with Gasteiger partial charge in [-0.05, 0) is 48.0 Å². The Morgan fingerprint density at radius 1 is 1.11 bits per heavy atom. The van der Waals surface area contributed by atoms with Gasteiger partial charge in [0.1, 0.15) is 6.04 Å². The first-order chi connectivity index (χ1) is 17.1. The normalized spacial score (nSPS) is 15.7. The third kappa shape index (κ3) is 4.96. The number of nitrogens with zero attached hydrogens (tertiary/aromatic N) is 4. The molecular formula is C23H19N5O7S. The Labute approximate surface area is 205 Å². The number of primary sulfonamides is 1. The summed E-state index contributed by atoms with van der Waals surface area (Å²) in [5.74, 6) is -1.87. The van der Waals surface area contributed by atoms with Crippen molar-refractivity contribution in [1.82, 2.24) is 9.88 Å². The zero-order valence-electron chi connectivity index (χ0n) is 18.6. The summed E-state index contributed by atoms with van der Waals surface area (Å²) in [7, 11) is -3.97. The Hall–Kier alpha value is -4.49. The highest BCUT2D eigenvalue weighted by atomic mass is 32.2. The van der Waals surface area contributed by atoms with Gasteiger partial charge in [0.15, 0.2) is 0 Å². The van der Waals surface area contributed by atoms with Crippen LogP contribution in [-0.4, -0.2) is 47.0 Å². The second-order valence-corrected chi connectivity index (χ2v) is 9.49. The summed E-state index contributed by atoms with van der Waals surface area (Å²) in [6.07, 6.45) is 2.75. The van der Waals surface area contributed by atoms with E-state index >= 15 is 0 Å². The fraction of sp³-hybridized carbons (Fsp3) is 0.130. The maximum Gasteiger partial charge on any atom is 0.269 e. The lowest BCUT2D eigenvalue weighted by Gasteiger charge is -2.28. The van der Waals surface area contributed by atoms with Crippen LogP contribution in [0.1, 0.15) is 22.3 Å². The van der Waals surface area contributed by atoms with Gasteiger partial charge >= 0.3 is 0 Å². The molecule has 184 valence electrons. The van der Waals surface area contributed by atoms with Crippen molar-refractivity contribution in [2.24, 2.45) is 5.14 Å². The molecule has 0 saturated carbocycles. The molecular weight excluding hydrogens is 490 g/mol. The zero-order valence-corrected chi connectivity index (χ0v) is 19.4. The van der Waals surface area contributed by atoms with Crippen molar-refractivity contribution in [2.45, 2.75) is 23.9 Å². The summed E-state index contributed by atoms with van der Waals surface area (Å²) in [6.45, 7) is -0.0501. The smallest absolute Gasteiger partial charge is 0.269 e. The van der Waals surface area contributed by atoms with Gasteiger partial charge in [-0.3, -0.25) is 29.5 Å². The number of hydrogen-bond donors (Lipinski definition) is 1. The van der Waals surface area contributed by atoms with Crippen molar-refractivity contribution in [2.75, 3.05) is 4.90 Å². The summed E-state index contributed by atoms with van der Waals surface area (Å²) >= 11 is 0. The number of nitrogens with two attached hydrogens (primary N) is 1. The van der Waals surface area contributed by atoms with Gasteiger partial charge in [-0.15, -0.1) is 0 Å². The number of sulfonamides is 1. The molecule has 0 radical (unpaired) electrons. The molecule has 2 aromatic carbocycles. The predicted molar refractivity (Wildman–Crippen MR) is 126 cm³/mol. The van der Waals surface area contributed by atoms with Crippen LogP contribution in [0.4, 0.5) is 11.4 Å². The maximum absolute atomic E-state index is 13.4. The molecule has 1 atom stereocenters. The van der Waals surface area contributed by atoms with E-state index in [0.29, 0.717) is 5.56 Å². The van der Waals surface area contributed by atoms with Gasteiger partial charge in [-0.1, -0.05) is 6.07 Å². The number of amides is 3. The first-order valence-corrected chi connectivity index (χ1v) is 12.0. The minimum absolute atomic E-state index is 0.0501. The average molecular weight is 510 g/mol. The lowest BCUT2D eigenvalue weighted by molar-refractivity contribution is -0.384. The van der Waals surface area contributed by atoms with Gasteiger partial charge in [0.05, 0.1) is 21.9 Å². The highest BCUT2D eigenvalue weighted by Gasteiger charge is 2.44. The Kier molecular flexibility index (Phi) is 6.59. The number of aromatic nitrogens is 1. The first kappa shape index (κ1) is 24.6. The molecule has 3 amide bonds. The minimum Gasteiger partial charge on any atom is -0.322 e. The number of pyridine rings is 1. The van der Waals surface area contributed by atoms with E-state index in [4.69, 9.17) is 5.14 Å².